The average molecular weight is 439 g/mol. The van der Waals surface area contributed by atoms with Gasteiger partial charge in [0.15, 0.2) is 5.82 Å². The van der Waals surface area contributed by atoms with Crippen molar-refractivity contribution in [3.8, 4) is 11.4 Å². The first-order valence-corrected chi connectivity index (χ1v) is 11.2. The number of hydrogen-bond acceptors (Lipinski definition) is 6. The molecule has 4 rings (SSSR count). The van der Waals surface area contributed by atoms with Gasteiger partial charge in [-0.1, -0.05) is 6.92 Å². The van der Waals surface area contributed by atoms with Gasteiger partial charge in [0.25, 0.3) is 5.91 Å². The molecule has 1 atom stereocenters. The topological polar surface area (TPSA) is 99.7 Å². The molecule has 9 heteroatoms. The molecular weight excluding hydrogens is 408 g/mol. The molecule has 2 aromatic rings. The van der Waals surface area contributed by atoms with E-state index in [2.05, 4.69) is 27.4 Å². The number of nitrogens with one attached hydrogen (secondary N) is 2. The molecule has 3 amide bonds. The highest BCUT2D eigenvalue weighted by Crippen LogP contribution is 2.32. The SMILES string of the molecule is CCNC(=O)Nc1ccc(-c2nc3c(c(N4CCOC[C@@H]4CC)n2)CCN(C)C3=O)cc1. The fourth-order valence-electron chi connectivity index (χ4n) is 4.12. The van der Waals surface area contributed by atoms with E-state index in [-0.39, 0.29) is 18.0 Å². The van der Waals surface area contributed by atoms with E-state index in [1.165, 1.54) is 0 Å². The van der Waals surface area contributed by atoms with Crippen LogP contribution in [-0.4, -0.2) is 72.7 Å². The summed E-state index contributed by atoms with van der Waals surface area (Å²) >= 11 is 0. The Balaban J connectivity index is 1.73. The Labute approximate surface area is 188 Å². The Morgan fingerprint density at radius 2 is 1.97 bits per heavy atom. The number of carbonyl (C=O) groups is 2. The summed E-state index contributed by atoms with van der Waals surface area (Å²) in [4.78, 5) is 38.3. The summed E-state index contributed by atoms with van der Waals surface area (Å²) in [5.74, 6) is 1.27. The minimum absolute atomic E-state index is 0.0769. The normalized spacial score (nSPS) is 18.3. The van der Waals surface area contributed by atoms with Crippen LogP contribution in [0, 0.1) is 0 Å². The molecule has 1 fully saturated rings. The van der Waals surface area contributed by atoms with Gasteiger partial charge >= 0.3 is 6.03 Å². The third-order valence-electron chi connectivity index (χ3n) is 5.94. The van der Waals surface area contributed by atoms with Crippen molar-refractivity contribution in [3.05, 3.63) is 35.5 Å². The van der Waals surface area contributed by atoms with Crippen LogP contribution in [0.2, 0.25) is 0 Å². The average Bonchev–Trinajstić information content (AvgIpc) is 2.81. The van der Waals surface area contributed by atoms with Gasteiger partial charge in [0, 0.05) is 43.5 Å². The highest BCUT2D eigenvalue weighted by Gasteiger charge is 2.32. The van der Waals surface area contributed by atoms with Gasteiger partial charge in [-0.15, -0.1) is 0 Å². The largest absolute Gasteiger partial charge is 0.377 e. The smallest absolute Gasteiger partial charge is 0.319 e. The van der Waals surface area contributed by atoms with Gasteiger partial charge < -0.3 is 25.2 Å². The first kappa shape index (κ1) is 22.0. The Morgan fingerprint density at radius 1 is 1.19 bits per heavy atom. The van der Waals surface area contributed by atoms with Crippen molar-refractivity contribution in [2.75, 3.05) is 50.1 Å². The number of rotatable bonds is 5. The number of ether oxygens (including phenoxy) is 1. The van der Waals surface area contributed by atoms with Gasteiger partial charge in [-0.05, 0) is 44.0 Å². The van der Waals surface area contributed by atoms with Crippen molar-refractivity contribution >= 4 is 23.4 Å². The van der Waals surface area contributed by atoms with Crippen LogP contribution in [0.5, 0.6) is 0 Å². The quantitative estimate of drug-likeness (QED) is 0.744. The fraction of sp³-hybridized carbons (Fsp3) is 0.478. The van der Waals surface area contributed by atoms with E-state index in [0.29, 0.717) is 43.5 Å². The maximum Gasteiger partial charge on any atom is 0.319 e. The van der Waals surface area contributed by atoms with Crippen molar-refractivity contribution in [3.63, 3.8) is 0 Å². The van der Waals surface area contributed by atoms with Gasteiger partial charge in [-0.25, -0.2) is 14.8 Å². The second-order valence-electron chi connectivity index (χ2n) is 8.07. The molecule has 0 radical (unpaired) electrons. The number of carbonyl (C=O) groups excluding carboxylic acids is 2. The van der Waals surface area contributed by atoms with Crippen LogP contribution < -0.4 is 15.5 Å². The second kappa shape index (κ2) is 9.52. The minimum Gasteiger partial charge on any atom is -0.377 e. The zero-order valence-corrected chi connectivity index (χ0v) is 18.9. The maximum atomic E-state index is 13.0. The van der Waals surface area contributed by atoms with E-state index < -0.39 is 0 Å². The number of aromatic nitrogens is 2. The zero-order valence-electron chi connectivity index (χ0n) is 18.9. The van der Waals surface area contributed by atoms with Crippen molar-refractivity contribution in [1.29, 1.82) is 0 Å². The lowest BCUT2D eigenvalue weighted by atomic mass is 10.0. The fourth-order valence-corrected chi connectivity index (χ4v) is 4.12. The molecule has 0 bridgehead atoms. The minimum atomic E-state index is -0.251. The van der Waals surface area contributed by atoms with Gasteiger partial charge in [0.05, 0.1) is 19.3 Å². The van der Waals surface area contributed by atoms with Gasteiger partial charge in [0.1, 0.15) is 11.5 Å². The Morgan fingerprint density at radius 3 is 2.69 bits per heavy atom. The number of anilines is 2. The van der Waals surface area contributed by atoms with Crippen LogP contribution in [0.3, 0.4) is 0 Å². The Bertz CT molecular complexity index is 994. The summed E-state index contributed by atoms with van der Waals surface area (Å²) in [7, 11) is 1.80. The van der Waals surface area contributed by atoms with Gasteiger partial charge in [0.2, 0.25) is 0 Å². The molecule has 1 aromatic heterocycles. The number of fused-ring (bicyclic) bond motifs is 1. The Hall–Kier alpha value is -3.20. The summed E-state index contributed by atoms with van der Waals surface area (Å²) in [6.45, 7) is 7.24. The number of nitrogens with zero attached hydrogens (tertiary/aromatic N) is 4. The van der Waals surface area contributed by atoms with Gasteiger partial charge in [-0.3, -0.25) is 4.79 Å². The lowest BCUT2D eigenvalue weighted by Gasteiger charge is -2.38. The van der Waals surface area contributed by atoms with E-state index in [4.69, 9.17) is 9.72 Å². The van der Waals surface area contributed by atoms with Crippen LogP contribution in [0.4, 0.5) is 16.3 Å². The predicted molar refractivity (Wildman–Crippen MR) is 123 cm³/mol. The molecule has 2 aliphatic heterocycles. The molecule has 3 heterocycles. The lowest BCUT2D eigenvalue weighted by molar-refractivity contribution is 0.0772. The van der Waals surface area contributed by atoms with Crippen LogP contribution in [0.25, 0.3) is 11.4 Å². The molecule has 0 spiro atoms. The first-order chi connectivity index (χ1) is 15.5. The molecule has 2 aliphatic rings. The molecule has 9 nitrogen and oxygen atoms in total. The summed E-state index contributed by atoms with van der Waals surface area (Å²) in [6, 6.07) is 7.31. The van der Waals surface area contributed by atoms with E-state index in [9.17, 15) is 9.59 Å². The van der Waals surface area contributed by atoms with Crippen LogP contribution in [0.15, 0.2) is 24.3 Å². The number of likely N-dealkylation sites (N-methyl/N-ethyl adjacent to an activating group) is 1. The molecule has 170 valence electrons. The van der Waals surface area contributed by atoms with E-state index in [1.54, 1.807) is 11.9 Å². The number of amides is 3. The highest BCUT2D eigenvalue weighted by molar-refractivity contribution is 5.96. The maximum absolute atomic E-state index is 13.0. The van der Waals surface area contributed by atoms with E-state index >= 15 is 0 Å². The third kappa shape index (κ3) is 4.38. The van der Waals surface area contributed by atoms with Crippen molar-refractivity contribution < 1.29 is 14.3 Å². The van der Waals surface area contributed by atoms with Crippen molar-refractivity contribution in [2.24, 2.45) is 0 Å². The molecule has 0 unspecified atom stereocenters. The molecule has 32 heavy (non-hydrogen) atoms. The summed E-state index contributed by atoms with van der Waals surface area (Å²) in [5.41, 5.74) is 2.86. The molecule has 1 saturated heterocycles. The Kier molecular flexibility index (Phi) is 6.55. The van der Waals surface area contributed by atoms with Gasteiger partial charge in [-0.2, -0.15) is 0 Å². The number of hydrogen-bond donors (Lipinski definition) is 2. The molecule has 1 aromatic carbocycles. The zero-order chi connectivity index (χ0) is 22.7. The standard InChI is InChI=1S/C23H30N6O3/c1-4-17-14-32-13-12-29(17)21-18-10-11-28(3)22(30)19(18)26-20(27-21)15-6-8-16(9-7-15)25-23(31)24-5-2/h6-9,17H,4-5,10-14H2,1-3H3,(H2,24,25,31)/t17-/m0/s1. The molecule has 2 N–H and O–H groups in total. The highest BCUT2D eigenvalue weighted by atomic mass is 16.5. The van der Waals surface area contributed by atoms with Crippen LogP contribution in [0.1, 0.15) is 36.3 Å². The predicted octanol–water partition coefficient (Wildman–Crippen LogP) is 2.53. The number of morpholine rings is 1. The lowest BCUT2D eigenvalue weighted by Crippen LogP contribution is -2.47. The second-order valence-corrected chi connectivity index (χ2v) is 8.07. The summed E-state index contributed by atoms with van der Waals surface area (Å²) < 4.78 is 5.68. The third-order valence-corrected chi connectivity index (χ3v) is 5.94. The van der Waals surface area contributed by atoms with Crippen molar-refractivity contribution in [2.45, 2.75) is 32.7 Å². The van der Waals surface area contributed by atoms with Crippen LogP contribution >= 0.6 is 0 Å². The van der Waals surface area contributed by atoms with E-state index in [0.717, 1.165) is 36.3 Å². The van der Waals surface area contributed by atoms with Crippen molar-refractivity contribution in [1.82, 2.24) is 20.2 Å². The summed E-state index contributed by atoms with van der Waals surface area (Å²) in [6.07, 6.45) is 1.67. The first-order valence-electron chi connectivity index (χ1n) is 11.2. The summed E-state index contributed by atoms with van der Waals surface area (Å²) in [5, 5.41) is 5.49. The van der Waals surface area contributed by atoms with E-state index in [1.807, 2.05) is 31.2 Å². The number of benzene rings is 1. The number of urea groups is 1. The monoisotopic (exact) mass is 438 g/mol. The molecule has 0 saturated carbocycles. The molecular formula is C23H30N6O3. The van der Waals surface area contributed by atoms with Crippen LogP contribution in [-0.2, 0) is 11.2 Å². The molecule has 0 aliphatic carbocycles.